The van der Waals surface area contributed by atoms with Crippen LogP contribution in [0.1, 0.15) is 43.4 Å². The number of hydrogen-bond acceptors (Lipinski definition) is 4. The molecule has 40 heavy (non-hydrogen) atoms. The number of carbonyl (C=O) groups excluding carboxylic acids is 2. The standard InChI is InChI=1S/C29H31F4N5O2/c1-18-25(26(37(3)28(40)36(18)2)19-5-8-22(31)24(33)15-19)27(39)35-11-4-12-38-13-9-29(17-34,10-14-38)21-7-6-20(30)16-23(21)32/h5-8,15-16,26H,4,9-14H2,1-3H3,(H,35,39). The summed E-state index contributed by atoms with van der Waals surface area (Å²) < 4.78 is 55.4. The monoisotopic (exact) mass is 557 g/mol. The molecule has 1 saturated heterocycles. The summed E-state index contributed by atoms with van der Waals surface area (Å²) in [6.07, 6.45) is 1.38. The molecule has 2 aromatic carbocycles. The number of urea groups is 1. The Hall–Kier alpha value is -3.91. The van der Waals surface area contributed by atoms with E-state index in [1.165, 1.54) is 35.0 Å². The molecule has 1 atom stereocenters. The minimum absolute atomic E-state index is 0.212. The van der Waals surface area contributed by atoms with Crippen LogP contribution in [0.25, 0.3) is 0 Å². The molecule has 0 saturated carbocycles. The molecule has 212 valence electrons. The molecule has 0 radical (unpaired) electrons. The van der Waals surface area contributed by atoms with Gasteiger partial charge in [-0.3, -0.25) is 4.79 Å². The number of allylic oxidation sites excluding steroid dienone is 1. The van der Waals surface area contributed by atoms with Crippen LogP contribution in [0.15, 0.2) is 47.7 Å². The van der Waals surface area contributed by atoms with Gasteiger partial charge in [0.05, 0.1) is 23.1 Å². The van der Waals surface area contributed by atoms with Gasteiger partial charge in [0.25, 0.3) is 5.91 Å². The van der Waals surface area contributed by atoms with Crippen molar-refractivity contribution in [2.24, 2.45) is 0 Å². The second kappa shape index (κ2) is 11.7. The van der Waals surface area contributed by atoms with E-state index in [1.54, 1.807) is 14.0 Å². The minimum atomic E-state index is -1.07. The molecule has 3 amide bonds. The zero-order chi connectivity index (χ0) is 29.2. The van der Waals surface area contributed by atoms with E-state index in [2.05, 4.69) is 16.3 Å². The summed E-state index contributed by atoms with van der Waals surface area (Å²) in [5.74, 6) is -3.92. The lowest BCUT2D eigenvalue weighted by molar-refractivity contribution is -0.118. The number of nitriles is 1. The number of benzene rings is 2. The lowest BCUT2D eigenvalue weighted by atomic mass is 9.73. The van der Waals surface area contributed by atoms with Crippen LogP contribution in [0.3, 0.4) is 0 Å². The third-order valence-electron chi connectivity index (χ3n) is 7.95. The number of nitrogens with one attached hydrogen (secondary N) is 1. The molecule has 11 heteroatoms. The number of piperidine rings is 1. The number of amides is 3. The van der Waals surface area contributed by atoms with Crippen molar-refractivity contribution < 1.29 is 27.2 Å². The maximum absolute atomic E-state index is 14.4. The molecular formula is C29H31F4N5O2. The van der Waals surface area contributed by atoms with Gasteiger partial charge in [-0.1, -0.05) is 12.1 Å². The Morgan fingerprint density at radius 1 is 1.05 bits per heavy atom. The summed E-state index contributed by atoms with van der Waals surface area (Å²) >= 11 is 0. The van der Waals surface area contributed by atoms with Crippen LogP contribution >= 0.6 is 0 Å². The van der Waals surface area contributed by atoms with Gasteiger partial charge in [0.1, 0.15) is 11.6 Å². The third-order valence-corrected chi connectivity index (χ3v) is 7.95. The van der Waals surface area contributed by atoms with Gasteiger partial charge in [0.15, 0.2) is 11.6 Å². The van der Waals surface area contributed by atoms with Gasteiger partial charge in [0.2, 0.25) is 0 Å². The first-order valence-corrected chi connectivity index (χ1v) is 13.0. The van der Waals surface area contributed by atoms with Crippen molar-refractivity contribution in [3.8, 4) is 6.07 Å². The Kier molecular flexibility index (Phi) is 8.49. The molecule has 0 spiro atoms. The maximum Gasteiger partial charge on any atom is 0.324 e. The highest BCUT2D eigenvalue weighted by Gasteiger charge is 2.40. The summed E-state index contributed by atoms with van der Waals surface area (Å²) in [5.41, 5.74) is 0.140. The second-order valence-corrected chi connectivity index (χ2v) is 10.3. The third kappa shape index (κ3) is 5.54. The van der Waals surface area contributed by atoms with E-state index in [0.29, 0.717) is 51.1 Å². The fraction of sp³-hybridized carbons (Fsp3) is 0.414. The van der Waals surface area contributed by atoms with Crippen LogP contribution in [0.2, 0.25) is 0 Å². The predicted octanol–water partition coefficient (Wildman–Crippen LogP) is 4.62. The Labute approximate surface area is 230 Å². The van der Waals surface area contributed by atoms with Crippen LogP contribution in [-0.4, -0.2) is 66.9 Å². The first-order valence-electron chi connectivity index (χ1n) is 13.0. The van der Waals surface area contributed by atoms with Gasteiger partial charge in [-0.25, -0.2) is 22.4 Å². The average molecular weight is 558 g/mol. The quantitative estimate of drug-likeness (QED) is 0.398. The van der Waals surface area contributed by atoms with Crippen LogP contribution in [0, 0.1) is 34.6 Å². The summed E-state index contributed by atoms with van der Waals surface area (Å²) in [7, 11) is 3.04. The van der Waals surface area contributed by atoms with Crippen molar-refractivity contribution in [2.45, 2.75) is 37.6 Å². The Morgan fingerprint density at radius 3 is 2.38 bits per heavy atom. The highest BCUT2D eigenvalue weighted by molar-refractivity contribution is 5.98. The molecule has 0 aromatic heterocycles. The summed E-state index contributed by atoms with van der Waals surface area (Å²) in [6, 6.07) is 7.59. The summed E-state index contributed by atoms with van der Waals surface area (Å²) in [4.78, 5) is 30.8. The number of carbonyl (C=O) groups is 2. The molecule has 1 unspecified atom stereocenters. The van der Waals surface area contributed by atoms with Gasteiger partial charge >= 0.3 is 6.03 Å². The number of likely N-dealkylation sites (tertiary alicyclic amines) is 1. The Balaban J connectivity index is 1.37. The number of nitrogens with zero attached hydrogens (tertiary/aromatic N) is 4. The second-order valence-electron chi connectivity index (χ2n) is 10.3. The van der Waals surface area contributed by atoms with Gasteiger partial charge in [-0.15, -0.1) is 0 Å². The normalized spacial score (nSPS) is 19.6. The van der Waals surface area contributed by atoms with E-state index in [0.717, 1.165) is 18.2 Å². The zero-order valence-corrected chi connectivity index (χ0v) is 22.6. The number of rotatable bonds is 7. The van der Waals surface area contributed by atoms with Gasteiger partial charge < -0.3 is 20.0 Å². The van der Waals surface area contributed by atoms with E-state index < -0.39 is 40.6 Å². The molecule has 0 bridgehead atoms. The fourth-order valence-electron chi connectivity index (χ4n) is 5.50. The summed E-state index contributed by atoms with van der Waals surface area (Å²) in [6.45, 7) is 3.65. The molecule has 2 aliphatic heterocycles. The molecule has 2 heterocycles. The highest BCUT2D eigenvalue weighted by atomic mass is 19.2. The summed E-state index contributed by atoms with van der Waals surface area (Å²) in [5, 5.41) is 12.7. The lowest BCUT2D eigenvalue weighted by Crippen LogP contribution is -2.48. The Bertz CT molecular complexity index is 1380. The first kappa shape index (κ1) is 29.1. The van der Waals surface area contributed by atoms with Crippen molar-refractivity contribution in [2.75, 3.05) is 40.3 Å². The van der Waals surface area contributed by atoms with Crippen LogP contribution in [0.4, 0.5) is 22.4 Å². The number of likely N-dealkylation sites (N-methyl/N-ethyl adjacent to an activating group) is 1. The largest absolute Gasteiger partial charge is 0.352 e. The molecule has 2 aliphatic rings. The lowest BCUT2D eigenvalue weighted by Gasteiger charge is -2.40. The molecule has 1 N–H and O–H groups in total. The molecule has 2 aromatic rings. The smallest absolute Gasteiger partial charge is 0.324 e. The fourth-order valence-corrected chi connectivity index (χ4v) is 5.50. The molecule has 1 fully saturated rings. The van der Waals surface area contributed by atoms with Crippen molar-refractivity contribution in [1.29, 1.82) is 5.26 Å². The van der Waals surface area contributed by atoms with Crippen molar-refractivity contribution in [3.05, 3.63) is 82.1 Å². The molecule has 4 rings (SSSR count). The van der Waals surface area contributed by atoms with Crippen molar-refractivity contribution in [1.82, 2.24) is 20.0 Å². The average Bonchev–Trinajstić information content (AvgIpc) is 2.93. The molecule has 7 nitrogen and oxygen atoms in total. The van der Waals surface area contributed by atoms with Crippen molar-refractivity contribution >= 4 is 11.9 Å². The topological polar surface area (TPSA) is 79.7 Å². The van der Waals surface area contributed by atoms with Crippen LogP contribution in [-0.2, 0) is 10.2 Å². The van der Waals surface area contributed by atoms with Gasteiger partial charge in [0, 0.05) is 38.0 Å². The Morgan fingerprint density at radius 2 is 1.75 bits per heavy atom. The van der Waals surface area contributed by atoms with E-state index in [9.17, 15) is 32.4 Å². The minimum Gasteiger partial charge on any atom is -0.352 e. The first-order chi connectivity index (χ1) is 19.0. The molecular weight excluding hydrogens is 526 g/mol. The maximum atomic E-state index is 14.4. The van der Waals surface area contributed by atoms with E-state index in [4.69, 9.17) is 0 Å². The zero-order valence-electron chi connectivity index (χ0n) is 22.6. The van der Waals surface area contributed by atoms with Gasteiger partial charge in [-0.2, -0.15) is 5.26 Å². The van der Waals surface area contributed by atoms with Crippen LogP contribution in [0.5, 0.6) is 0 Å². The van der Waals surface area contributed by atoms with Crippen LogP contribution < -0.4 is 5.32 Å². The SMILES string of the molecule is CC1=C(C(=O)NCCCN2CCC(C#N)(c3ccc(F)cc3F)CC2)C(c2ccc(F)c(F)c2)N(C)C(=O)N1C. The van der Waals surface area contributed by atoms with Gasteiger partial charge in [-0.05, 0) is 69.6 Å². The number of hydrogen-bond donors (Lipinski definition) is 1. The molecule has 0 aliphatic carbocycles. The number of halogens is 4. The predicted molar refractivity (Wildman–Crippen MR) is 140 cm³/mol. The van der Waals surface area contributed by atoms with E-state index >= 15 is 0 Å². The van der Waals surface area contributed by atoms with E-state index in [1.807, 2.05) is 0 Å². The van der Waals surface area contributed by atoms with Crippen molar-refractivity contribution in [3.63, 3.8) is 0 Å². The highest BCUT2D eigenvalue weighted by Crippen LogP contribution is 2.37. The van der Waals surface area contributed by atoms with E-state index in [-0.39, 0.29) is 22.7 Å².